The Balaban J connectivity index is 1.12. The predicted molar refractivity (Wildman–Crippen MR) is 214 cm³/mol. The smallest absolute Gasteiger partial charge is 0.164 e. The second kappa shape index (κ2) is 12.8. The number of hydrogen-bond donors (Lipinski definition) is 0. The summed E-state index contributed by atoms with van der Waals surface area (Å²) in [7, 11) is 0. The zero-order valence-corrected chi connectivity index (χ0v) is 28.5. The van der Waals surface area contributed by atoms with Gasteiger partial charge in [0, 0.05) is 22.1 Å². The number of para-hydroxylation sites is 1. The lowest BCUT2D eigenvalue weighted by Crippen LogP contribution is -2.01. The van der Waals surface area contributed by atoms with Crippen LogP contribution in [0.1, 0.15) is 0 Å². The fourth-order valence-corrected chi connectivity index (χ4v) is 7.10. The molecular weight excluding hydrogens is 649 g/mol. The second-order valence-corrected chi connectivity index (χ2v) is 13.0. The van der Waals surface area contributed by atoms with E-state index in [2.05, 4.69) is 103 Å². The van der Waals surface area contributed by atoms with Crippen molar-refractivity contribution in [1.29, 1.82) is 0 Å². The van der Waals surface area contributed by atoms with E-state index in [4.69, 9.17) is 25.1 Å². The van der Waals surface area contributed by atoms with Crippen LogP contribution in [0.2, 0.25) is 0 Å². The Morgan fingerprint density at radius 1 is 0.358 bits per heavy atom. The molecule has 0 saturated carbocycles. The highest BCUT2D eigenvalue weighted by Crippen LogP contribution is 2.36. The zero-order valence-electron chi connectivity index (χ0n) is 28.5. The molecule has 0 spiro atoms. The first kappa shape index (κ1) is 30.5. The predicted octanol–water partition coefficient (Wildman–Crippen LogP) is 11.2. The molecule has 2 heterocycles. The molecule has 0 radical (unpaired) electrons. The Kier molecular flexibility index (Phi) is 7.36. The Morgan fingerprint density at radius 2 is 0.925 bits per heavy atom. The lowest BCUT2D eigenvalue weighted by Gasteiger charge is -2.13. The first-order valence-electron chi connectivity index (χ1n) is 17.6. The third-order valence-corrected chi connectivity index (χ3v) is 9.71. The van der Waals surface area contributed by atoms with Crippen molar-refractivity contribution in [1.82, 2.24) is 29.9 Å². The van der Waals surface area contributed by atoms with Gasteiger partial charge in [0.05, 0.1) is 5.69 Å². The minimum Gasteiger partial charge on any atom is -0.208 e. The molecule has 0 atom stereocenters. The topological polar surface area (TPSA) is 69.4 Å². The Labute approximate surface area is 305 Å². The highest BCUT2D eigenvalue weighted by molar-refractivity contribution is 6.18. The number of nitrogens with zero attached hydrogens (tertiary/aromatic N) is 6. The van der Waals surface area contributed by atoms with Crippen molar-refractivity contribution in [3.05, 3.63) is 182 Å². The SMILES string of the molecule is c1ccc(-c2nc(-c3cccc(-c4ccc5ccc6ccc7nn(-c8ccccc8)nc7c6c5c4)c3)nc(-c3ccccc3-c3ccccc3)n2)cc1. The van der Waals surface area contributed by atoms with Crippen molar-refractivity contribution in [3.8, 4) is 62.1 Å². The van der Waals surface area contributed by atoms with E-state index < -0.39 is 0 Å². The number of hydrogen-bond acceptors (Lipinski definition) is 5. The van der Waals surface area contributed by atoms with Crippen LogP contribution in [0.3, 0.4) is 0 Å². The fraction of sp³-hybridized carbons (Fsp3) is 0. The molecule has 0 aliphatic rings. The summed E-state index contributed by atoms with van der Waals surface area (Å²) in [6.07, 6.45) is 0. The third kappa shape index (κ3) is 5.59. The molecule has 2 aromatic heterocycles. The van der Waals surface area contributed by atoms with Crippen LogP contribution < -0.4 is 0 Å². The molecule has 10 rings (SSSR count). The van der Waals surface area contributed by atoms with Gasteiger partial charge in [0.25, 0.3) is 0 Å². The fourth-order valence-electron chi connectivity index (χ4n) is 7.10. The number of aromatic nitrogens is 6. The summed E-state index contributed by atoms with van der Waals surface area (Å²) < 4.78 is 0. The van der Waals surface area contributed by atoms with Crippen molar-refractivity contribution in [3.63, 3.8) is 0 Å². The molecule has 10 aromatic rings. The van der Waals surface area contributed by atoms with Crippen LogP contribution in [-0.4, -0.2) is 29.9 Å². The molecule has 6 heteroatoms. The van der Waals surface area contributed by atoms with Crippen molar-refractivity contribution in [2.45, 2.75) is 0 Å². The van der Waals surface area contributed by atoms with E-state index >= 15 is 0 Å². The molecule has 53 heavy (non-hydrogen) atoms. The second-order valence-electron chi connectivity index (χ2n) is 13.0. The highest BCUT2D eigenvalue weighted by atomic mass is 15.5. The van der Waals surface area contributed by atoms with Crippen molar-refractivity contribution in [2.75, 3.05) is 0 Å². The molecule has 0 aliphatic heterocycles. The van der Waals surface area contributed by atoms with E-state index in [1.54, 1.807) is 4.80 Å². The van der Waals surface area contributed by atoms with Crippen molar-refractivity contribution < 1.29 is 0 Å². The summed E-state index contributed by atoms with van der Waals surface area (Å²) in [6, 6.07) is 62.4. The molecule has 6 nitrogen and oxygen atoms in total. The Bertz CT molecular complexity index is 2940. The Morgan fingerprint density at radius 3 is 1.72 bits per heavy atom. The van der Waals surface area contributed by atoms with Gasteiger partial charge in [-0.25, -0.2) is 15.0 Å². The highest BCUT2D eigenvalue weighted by Gasteiger charge is 2.17. The van der Waals surface area contributed by atoms with E-state index in [1.165, 1.54) is 0 Å². The lowest BCUT2D eigenvalue weighted by molar-refractivity contribution is 0.766. The molecule has 0 amide bonds. The van der Waals surface area contributed by atoms with Crippen LogP contribution in [0.25, 0.3) is 94.7 Å². The molecule has 8 aromatic carbocycles. The minimum atomic E-state index is 0.615. The molecule has 0 aliphatic carbocycles. The number of fused-ring (bicyclic) bond motifs is 5. The van der Waals surface area contributed by atoms with E-state index in [1.807, 2.05) is 78.9 Å². The van der Waals surface area contributed by atoms with Crippen LogP contribution in [0.15, 0.2) is 182 Å². The van der Waals surface area contributed by atoms with E-state index in [-0.39, 0.29) is 0 Å². The summed E-state index contributed by atoms with van der Waals surface area (Å²) in [5, 5.41) is 14.3. The average molecular weight is 679 g/mol. The third-order valence-electron chi connectivity index (χ3n) is 9.71. The summed E-state index contributed by atoms with van der Waals surface area (Å²) in [6.45, 7) is 0. The van der Waals surface area contributed by atoms with Crippen LogP contribution in [0.4, 0.5) is 0 Å². The summed E-state index contributed by atoms with van der Waals surface area (Å²) in [5.41, 5.74) is 9.79. The molecular formula is C47H30N6. The minimum absolute atomic E-state index is 0.615. The normalized spacial score (nSPS) is 11.4. The summed E-state index contributed by atoms with van der Waals surface area (Å²) in [5.74, 6) is 1.87. The van der Waals surface area contributed by atoms with E-state index in [9.17, 15) is 0 Å². The Hall–Kier alpha value is -7.31. The first-order valence-corrected chi connectivity index (χ1v) is 17.6. The standard InChI is InChI=1S/C47H30N6/c1-4-13-31(14-5-1)39-21-10-11-22-40(39)47-49-45(34-15-6-2-7-16-34)48-46(50-47)37-18-12-17-35(29-37)36-26-24-32-23-25-33-27-28-42-44(43(33)41(32)30-36)52-53(51-42)38-19-8-3-9-20-38/h1-30H. The molecule has 0 N–H and O–H groups in total. The summed E-state index contributed by atoms with van der Waals surface area (Å²) in [4.78, 5) is 16.9. The molecule has 0 bridgehead atoms. The zero-order chi connectivity index (χ0) is 35.1. The van der Waals surface area contributed by atoms with Gasteiger partial charge in [0.15, 0.2) is 17.5 Å². The quantitative estimate of drug-likeness (QED) is 0.164. The van der Waals surface area contributed by atoms with Crippen LogP contribution >= 0.6 is 0 Å². The van der Waals surface area contributed by atoms with Crippen LogP contribution in [0, 0.1) is 0 Å². The molecule has 0 saturated heterocycles. The van der Waals surface area contributed by atoms with E-state index in [0.29, 0.717) is 17.5 Å². The van der Waals surface area contributed by atoms with Gasteiger partial charge >= 0.3 is 0 Å². The average Bonchev–Trinajstić information content (AvgIpc) is 3.69. The van der Waals surface area contributed by atoms with Gasteiger partial charge in [0.2, 0.25) is 0 Å². The lowest BCUT2D eigenvalue weighted by atomic mass is 9.95. The molecule has 0 fully saturated rings. The summed E-state index contributed by atoms with van der Waals surface area (Å²) >= 11 is 0. The molecule has 0 unspecified atom stereocenters. The number of rotatable bonds is 6. The van der Waals surface area contributed by atoms with Gasteiger partial charge < -0.3 is 0 Å². The maximum Gasteiger partial charge on any atom is 0.164 e. The largest absolute Gasteiger partial charge is 0.208 e. The molecule has 248 valence electrons. The maximum absolute atomic E-state index is 5.13. The van der Waals surface area contributed by atoms with E-state index in [0.717, 1.165) is 77.2 Å². The van der Waals surface area contributed by atoms with Gasteiger partial charge in [-0.2, -0.15) is 4.80 Å². The van der Waals surface area contributed by atoms with Gasteiger partial charge in [-0.1, -0.05) is 152 Å². The van der Waals surface area contributed by atoms with Crippen molar-refractivity contribution in [2.24, 2.45) is 0 Å². The van der Waals surface area contributed by atoms with Crippen LogP contribution in [0.5, 0.6) is 0 Å². The first-order chi connectivity index (χ1) is 26.2. The van der Waals surface area contributed by atoms with Gasteiger partial charge in [-0.15, -0.1) is 10.2 Å². The van der Waals surface area contributed by atoms with Gasteiger partial charge in [0.1, 0.15) is 11.0 Å². The maximum atomic E-state index is 5.13. The van der Waals surface area contributed by atoms with Gasteiger partial charge in [-0.3, -0.25) is 0 Å². The monoisotopic (exact) mass is 678 g/mol. The van der Waals surface area contributed by atoms with Crippen molar-refractivity contribution >= 4 is 32.6 Å². The van der Waals surface area contributed by atoms with Crippen LogP contribution in [-0.2, 0) is 0 Å². The van der Waals surface area contributed by atoms with Gasteiger partial charge in [-0.05, 0) is 68.7 Å². The number of benzene rings is 8.